The van der Waals surface area contributed by atoms with Gasteiger partial charge in [0.1, 0.15) is 6.17 Å². The molecule has 0 aromatic heterocycles. The predicted octanol–water partition coefficient (Wildman–Crippen LogP) is 1.64. The Morgan fingerprint density at radius 2 is 2.00 bits per heavy atom. The van der Waals surface area contributed by atoms with Gasteiger partial charge in [-0.05, 0) is 26.3 Å². The van der Waals surface area contributed by atoms with Crippen LogP contribution in [0.1, 0.15) is 20.8 Å². The summed E-state index contributed by atoms with van der Waals surface area (Å²) in [5.74, 6) is 0. The molecule has 0 heterocycles. The summed E-state index contributed by atoms with van der Waals surface area (Å²) in [6.07, 6.45) is -0.889. The normalized spacial score (nSPS) is 13.0. The Kier molecular flexibility index (Phi) is 3.47. The fourth-order valence-electron chi connectivity index (χ4n) is 0.764. The molecule has 0 aliphatic heterocycles. The van der Waals surface area contributed by atoms with Crippen molar-refractivity contribution in [2.75, 3.05) is 6.54 Å². The van der Waals surface area contributed by atoms with E-state index in [1.54, 1.807) is 0 Å². The summed E-state index contributed by atoms with van der Waals surface area (Å²) >= 11 is 0. The smallest absolute Gasteiger partial charge is 0.120 e. The molecule has 0 aliphatic carbocycles. The van der Waals surface area contributed by atoms with Crippen LogP contribution >= 0.6 is 0 Å². The molecule has 0 bridgehead atoms. The van der Waals surface area contributed by atoms with Crippen LogP contribution in [0.2, 0.25) is 0 Å². The van der Waals surface area contributed by atoms with E-state index in [1.165, 1.54) is 6.92 Å². The van der Waals surface area contributed by atoms with Gasteiger partial charge in [0.15, 0.2) is 0 Å². The predicted molar refractivity (Wildman–Crippen MR) is 38.0 cm³/mol. The van der Waals surface area contributed by atoms with Gasteiger partial charge >= 0.3 is 0 Å². The van der Waals surface area contributed by atoms with E-state index in [2.05, 4.69) is 0 Å². The van der Waals surface area contributed by atoms with E-state index in [0.29, 0.717) is 6.54 Å². The summed E-state index contributed by atoms with van der Waals surface area (Å²) < 4.78 is 12.5. The number of hydrogen-bond acceptors (Lipinski definition) is 1. The van der Waals surface area contributed by atoms with Crippen molar-refractivity contribution in [3.05, 3.63) is 11.1 Å². The van der Waals surface area contributed by atoms with Crippen LogP contribution in [0.15, 0.2) is 11.1 Å². The first-order valence-electron chi connectivity index (χ1n) is 3.10. The third-order valence-electron chi connectivity index (χ3n) is 1.34. The fourth-order valence-corrected chi connectivity index (χ4v) is 0.764. The summed E-state index contributed by atoms with van der Waals surface area (Å²) in [6.45, 7) is 5.59. The quantitative estimate of drug-likeness (QED) is 0.566. The highest BCUT2D eigenvalue weighted by molar-refractivity contribution is 5.14. The Balaban J connectivity index is 4.16. The maximum absolute atomic E-state index is 12.5. The van der Waals surface area contributed by atoms with E-state index < -0.39 is 6.17 Å². The van der Waals surface area contributed by atoms with Crippen molar-refractivity contribution in [3.8, 4) is 0 Å². The summed E-state index contributed by atoms with van der Waals surface area (Å²) in [7, 11) is 0. The van der Waals surface area contributed by atoms with Crippen LogP contribution in [0.25, 0.3) is 0 Å². The second-order valence-corrected chi connectivity index (χ2v) is 2.35. The van der Waals surface area contributed by atoms with Crippen LogP contribution in [0.4, 0.5) is 4.39 Å². The molecule has 0 saturated heterocycles. The molecule has 9 heavy (non-hydrogen) atoms. The highest BCUT2D eigenvalue weighted by atomic mass is 19.1. The Bertz CT molecular complexity index is 112. The molecule has 0 rings (SSSR count). The van der Waals surface area contributed by atoms with Gasteiger partial charge in [-0.25, -0.2) is 4.39 Å². The van der Waals surface area contributed by atoms with Crippen LogP contribution in [-0.4, -0.2) is 12.7 Å². The van der Waals surface area contributed by atoms with E-state index in [9.17, 15) is 4.39 Å². The van der Waals surface area contributed by atoms with E-state index in [4.69, 9.17) is 5.73 Å². The van der Waals surface area contributed by atoms with Crippen LogP contribution < -0.4 is 5.73 Å². The molecule has 0 spiro atoms. The maximum atomic E-state index is 12.5. The van der Waals surface area contributed by atoms with Crippen LogP contribution in [0, 0.1) is 0 Å². The molecule has 54 valence electrons. The number of nitrogens with two attached hydrogens (primary N) is 1. The summed E-state index contributed by atoms with van der Waals surface area (Å²) in [5.41, 5.74) is 6.99. The molecule has 0 fully saturated rings. The number of rotatable bonds is 2. The third kappa shape index (κ3) is 2.61. The lowest BCUT2D eigenvalue weighted by atomic mass is 10.1. The maximum Gasteiger partial charge on any atom is 0.120 e. The summed E-state index contributed by atoms with van der Waals surface area (Å²) in [5, 5.41) is 0. The number of halogens is 1. The molecule has 2 N–H and O–H groups in total. The lowest BCUT2D eigenvalue weighted by Gasteiger charge is -2.06. The zero-order chi connectivity index (χ0) is 7.44. The van der Waals surface area contributed by atoms with Crippen LogP contribution in [0.5, 0.6) is 0 Å². The first-order valence-corrected chi connectivity index (χ1v) is 3.10. The van der Waals surface area contributed by atoms with Gasteiger partial charge in [0.2, 0.25) is 0 Å². The molecule has 0 aromatic carbocycles. The summed E-state index contributed by atoms with van der Waals surface area (Å²) in [4.78, 5) is 0. The Labute approximate surface area is 55.7 Å². The first kappa shape index (κ1) is 8.63. The van der Waals surface area contributed by atoms with E-state index >= 15 is 0 Å². The molecular formula is C7H14FN. The molecule has 0 saturated carbocycles. The lowest BCUT2D eigenvalue weighted by molar-refractivity contribution is 0.405. The zero-order valence-electron chi connectivity index (χ0n) is 6.24. The Morgan fingerprint density at radius 3 is 2.00 bits per heavy atom. The van der Waals surface area contributed by atoms with Gasteiger partial charge in [-0.1, -0.05) is 5.57 Å². The minimum atomic E-state index is -0.889. The molecule has 2 heteroatoms. The zero-order valence-corrected chi connectivity index (χ0v) is 6.24. The monoisotopic (exact) mass is 131 g/mol. The fraction of sp³-hybridized carbons (Fsp3) is 0.714. The number of allylic oxidation sites excluding steroid dienone is 1. The highest BCUT2D eigenvalue weighted by Crippen LogP contribution is 2.09. The minimum Gasteiger partial charge on any atom is -0.327 e. The van der Waals surface area contributed by atoms with Gasteiger partial charge in [-0.2, -0.15) is 0 Å². The second-order valence-electron chi connectivity index (χ2n) is 2.35. The molecular weight excluding hydrogens is 117 g/mol. The topological polar surface area (TPSA) is 26.0 Å². The highest BCUT2D eigenvalue weighted by Gasteiger charge is 2.04. The SMILES string of the molecule is CC(C)=C(CN)[C@@H](C)F. The Morgan fingerprint density at radius 1 is 1.56 bits per heavy atom. The molecule has 1 atom stereocenters. The third-order valence-corrected chi connectivity index (χ3v) is 1.34. The molecule has 0 aliphatic rings. The number of hydrogen-bond donors (Lipinski definition) is 1. The van der Waals surface area contributed by atoms with E-state index in [0.717, 1.165) is 11.1 Å². The van der Waals surface area contributed by atoms with Gasteiger partial charge in [0.25, 0.3) is 0 Å². The largest absolute Gasteiger partial charge is 0.327 e. The number of alkyl halides is 1. The van der Waals surface area contributed by atoms with Gasteiger partial charge in [-0.15, -0.1) is 0 Å². The average Bonchev–Trinajstić information content (AvgIpc) is 1.64. The van der Waals surface area contributed by atoms with Gasteiger partial charge in [0.05, 0.1) is 0 Å². The molecule has 0 aromatic rings. The first-order chi connectivity index (χ1) is 4.09. The van der Waals surface area contributed by atoms with Crippen molar-refractivity contribution >= 4 is 0 Å². The second kappa shape index (κ2) is 3.62. The molecule has 0 unspecified atom stereocenters. The van der Waals surface area contributed by atoms with E-state index in [1.807, 2.05) is 13.8 Å². The van der Waals surface area contributed by atoms with Gasteiger partial charge in [0, 0.05) is 6.54 Å². The van der Waals surface area contributed by atoms with Crippen molar-refractivity contribution < 1.29 is 4.39 Å². The van der Waals surface area contributed by atoms with Crippen LogP contribution in [0.3, 0.4) is 0 Å². The molecule has 0 amide bonds. The van der Waals surface area contributed by atoms with Gasteiger partial charge < -0.3 is 5.73 Å². The van der Waals surface area contributed by atoms with Crippen molar-refractivity contribution in [3.63, 3.8) is 0 Å². The van der Waals surface area contributed by atoms with Crippen molar-refractivity contribution in [1.29, 1.82) is 0 Å². The van der Waals surface area contributed by atoms with E-state index in [-0.39, 0.29) is 0 Å². The van der Waals surface area contributed by atoms with Crippen molar-refractivity contribution in [2.45, 2.75) is 26.9 Å². The lowest BCUT2D eigenvalue weighted by Crippen LogP contribution is -2.12. The van der Waals surface area contributed by atoms with Crippen LogP contribution in [-0.2, 0) is 0 Å². The van der Waals surface area contributed by atoms with Crippen molar-refractivity contribution in [2.24, 2.45) is 5.73 Å². The summed E-state index contributed by atoms with van der Waals surface area (Å²) in [6, 6.07) is 0. The molecule has 1 nitrogen and oxygen atoms in total. The standard InChI is InChI=1S/C7H14FN/c1-5(2)7(4-9)6(3)8/h6H,4,9H2,1-3H3/t6-/m1/s1. The molecule has 0 radical (unpaired) electrons. The van der Waals surface area contributed by atoms with Gasteiger partial charge in [-0.3, -0.25) is 0 Å². The average molecular weight is 131 g/mol. The Hall–Kier alpha value is -0.370. The minimum absolute atomic E-state index is 0.333. The van der Waals surface area contributed by atoms with Crippen molar-refractivity contribution in [1.82, 2.24) is 0 Å².